The number of para-hydroxylation sites is 1. The molecule has 21 nitrogen and oxygen atoms in total. The fourth-order valence-electron chi connectivity index (χ4n) is 8.55. The van der Waals surface area contributed by atoms with Gasteiger partial charge >= 0.3 is 17.9 Å². The Kier molecular flexibility index (Phi) is 19.5. The van der Waals surface area contributed by atoms with Gasteiger partial charge in [-0.05, 0) is 50.2 Å². The normalized spacial score (nSPS) is 21.3. The van der Waals surface area contributed by atoms with Crippen molar-refractivity contribution in [1.29, 1.82) is 5.26 Å². The third-order valence-corrected chi connectivity index (χ3v) is 12.2. The standard InChI is InChI=1S/C44H60F2N10O11/c45-44(46)21-32(22-47)56(29-44)37(58)24-51-43(66)34-9-11-48-41-33(34)3-1-4-35(41)67-20-2-10-49-42(65)31-7-5-30(6-8-31)23-50-36(57)25-52-12-14-53(26-38(59)60)16-18-55(28-40(63)64)19-17-54(15-13-52)27-39(61)62/h1,3-4,9,11,30-32H,2,5-8,10,12-21,23-29H2,(H,49,65)(H,50,57)(H,51,66)(H,59,60)(H,61,62)(H,63,64)/t30?,31?,32-/m0/s1. The van der Waals surface area contributed by atoms with Gasteiger partial charge in [0.05, 0.1) is 57.5 Å². The molecule has 1 aliphatic carbocycles. The van der Waals surface area contributed by atoms with Crippen LogP contribution >= 0.6 is 0 Å². The molecule has 1 aromatic heterocycles. The number of pyridine rings is 1. The predicted octanol–water partition coefficient (Wildman–Crippen LogP) is 0.00748. The van der Waals surface area contributed by atoms with E-state index in [-0.39, 0.29) is 88.2 Å². The summed E-state index contributed by atoms with van der Waals surface area (Å²) in [5.74, 6) is -7.60. The Bertz CT molecular complexity index is 2090. The summed E-state index contributed by atoms with van der Waals surface area (Å²) < 4.78 is 33.6. The molecule has 67 heavy (non-hydrogen) atoms. The first-order chi connectivity index (χ1) is 32.0. The van der Waals surface area contributed by atoms with E-state index in [4.69, 9.17) is 4.74 Å². The maximum atomic E-state index is 13.8. The number of aromatic nitrogens is 1. The van der Waals surface area contributed by atoms with Gasteiger partial charge in [0.25, 0.3) is 11.8 Å². The van der Waals surface area contributed by atoms with Crippen molar-refractivity contribution < 1.29 is 62.4 Å². The van der Waals surface area contributed by atoms with E-state index < -0.39 is 61.2 Å². The van der Waals surface area contributed by atoms with Gasteiger partial charge in [-0.25, -0.2) is 8.78 Å². The number of carbonyl (C=O) groups is 7. The van der Waals surface area contributed by atoms with Crippen molar-refractivity contribution in [3.63, 3.8) is 0 Å². The number of nitrogens with one attached hydrogen (secondary N) is 3. The first-order valence-corrected chi connectivity index (χ1v) is 22.4. The van der Waals surface area contributed by atoms with E-state index >= 15 is 0 Å². The van der Waals surface area contributed by atoms with Gasteiger partial charge in [-0.2, -0.15) is 5.26 Å². The molecule has 1 saturated carbocycles. The van der Waals surface area contributed by atoms with Crippen LogP contribution in [-0.4, -0.2) is 210 Å². The highest BCUT2D eigenvalue weighted by Crippen LogP contribution is 2.32. The number of benzene rings is 1. The quantitative estimate of drug-likeness (QED) is 0.101. The van der Waals surface area contributed by atoms with Crippen LogP contribution in [-0.2, 0) is 28.8 Å². The average molecular weight is 943 g/mol. The summed E-state index contributed by atoms with van der Waals surface area (Å²) in [4.78, 5) is 98.6. The van der Waals surface area contributed by atoms with Crippen molar-refractivity contribution >= 4 is 52.4 Å². The van der Waals surface area contributed by atoms with E-state index in [9.17, 15) is 62.9 Å². The van der Waals surface area contributed by atoms with Gasteiger partial charge in [0.15, 0.2) is 0 Å². The van der Waals surface area contributed by atoms with Crippen LogP contribution in [0.25, 0.3) is 10.9 Å². The van der Waals surface area contributed by atoms with Crippen LogP contribution in [0.5, 0.6) is 5.75 Å². The van der Waals surface area contributed by atoms with E-state index in [2.05, 4.69) is 20.9 Å². The molecule has 0 radical (unpaired) electrons. The summed E-state index contributed by atoms with van der Waals surface area (Å²) >= 11 is 0. The smallest absolute Gasteiger partial charge is 0.317 e. The summed E-state index contributed by atoms with van der Waals surface area (Å²) in [7, 11) is 0. The van der Waals surface area contributed by atoms with Crippen molar-refractivity contribution in [3.8, 4) is 11.8 Å². The molecule has 3 heterocycles. The molecule has 0 unspecified atom stereocenters. The number of carboxylic acids is 3. The lowest BCUT2D eigenvalue weighted by Gasteiger charge is -2.33. The Morgan fingerprint density at radius 3 is 1.90 bits per heavy atom. The third-order valence-electron chi connectivity index (χ3n) is 12.2. The van der Waals surface area contributed by atoms with Crippen LogP contribution in [0.3, 0.4) is 0 Å². The number of carboxylic acid groups (broad SMARTS) is 3. The molecule has 1 atom stereocenters. The molecule has 0 spiro atoms. The largest absolute Gasteiger partial charge is 0.491 e. The maximum absolute atomic E-state index is 13.8. The molecule has 366 valence electrons. The van der Waals surface area contributed by atoms with E-state index in [1.54, 1.807) is 39.0 Å². The van der Waals surface area contributed by atoms with Gasteiger partial charge in [-0.3, -0.25) is 58.1 Å². The third kappa shape index (κ3) is 16.6. The number of hydrogen-bond donors (Lipinski definition) is 6. The highest BCUT2D eigenvalue weighted by Gasteiger charge is 2.47. The second-order valence-electron chi connectivity index (χ2n) is 17.2. The Balaban J connectivity index is 1.02. The number of aliphatic carboxylic acids is 3. The molecular formula is C44H60F2N10O11. The number of nitriles is 1. The molecule has 3 fully saturated rings. The van der Waals surface area contributed by atoms with E-state index in [0.29, 0.717) is 75.2 Å². The number of halogens is 2. The summed E-state index contributed by atoms with van der Waals surface area (Å²) in [5.41, 5.74) is 0.574. The molecule has 0 bridgehead atoms. The van der Waals surface area contributed by atoms with Crippen molar-refractivity contribution in [3.05, 3.63) is 36.0 Å². The van der Waals surface area contributed by atoms with Crippen LogP contribution in [0.1, 0.15) is 48.9 Å². The Hall–Kier alpha value is -6.09. The maximum Gasteiger partial charge on any atom is 0.317 e. The lowest BCUT2D eigenvalue weighted by Crippen LogP contribution is -2.50. The summed E-state index contributed by atoms with van der Waals surface area (Å²) in [6, 6.07) is 6.91. The van der Waals surface area contributed by atoms with Gasteiger partial charge in [-0.1, -0.05) is 12.1 Å². The number of ether oxygens (including phenoxy) is 1. The van der Waals surface area contributed by atoms with Crippen LogP contribution in [0.4, 0.5) is 8.78 Å². The molecule has 2 aliphatic heterocycles. The van der Waals surface area contributed by atoms with Gasteiger partial charge in [0, 0.05) is 89.4 Å². The highest BCUT2D eigenvalue weighted by molar-refractivity contribution is 6.08. The predicted molar refractivity (Wildman–Crippen MR) is 235 cm³/mol. The zero-order chi connectivity index (χ0) is 48.5. The number of alkyl halides is 2. The van der Waals surface area contributed by atoms with Crippen LogP contribution in [0.2, 0.25) is 0 Å². The van der Waals surface area contributed by atoms with Gasteiger partial charge in [-0.15, -0.1) is 0 Å². The Labute approximate surface area is 386 Å². The molecule has 2 aromatic rings. The van der Waals surface area contributed by atoms with Gasteiger partial charge in [0.1, 0.15) is 17.3 Å². The molecule has 5 rings (SSSR count). The van der Waals surface area contributed by atoms with E-state index in [1.165, 1.54) is 12.3 Å². The molecule has 1 aromatic carbocycles. The second-order valence-corrected chi connectivity index (χ2v) is 17.2. The van der Waals surface area contributed by atoms with Gasteiger partial charge in [0.2, 0.25) is 17.7 Å². The molecule has 23 heteroatoms. The zero-order valence-electron chi connectivity index (χ0n) is 37.4. The highest BCUT2D eigenvalue weighted by atomic mass is 19.3. The molecule has 4 amide bonds. The lowest BCUT2D eigenvalue weighted by molar-refractivity contribution is -0.140. The summed E-state index contributed by atoms with van der Waals surface area (Å²) in [6.45, 7) is 1.19. The molecule has 3 aliphatic rings. The number of fused-ring (bicyclic) bond motifs is 1. The van der Waals surface area contributed by atoms with Crippen molar-refractivity contribution in [2.24, 2.45) is 11.8 Å². The zero-order valence-corrected chi connectivity index (χ0v) is 37.4. The van der Waals surface area contributed by atoms with Gasteiger partial charge < -0.3 is 40.9 Å². The minimum atomic E-state index is -3.18. The van der Waals surface area contributed by atoms with Crippen LogP contribution in [0, 0.1) is 23.2 Å². The fraction of sp³-hybridized carbons (Fsp3) is 0.614. The second kappa shape index (κ2) is 25.2. The number of hydrogen-bond acceptors (Lipinski definition) is 14. The summed E-state index contributed by atoms with van der Waals surface area (Å²) in [6.07, 6.45) is 3.90. The van der Waals surface area contributed by atoms with Crippen LogP contribution in [0.15, 0.2) is 30.5 Å². The Morgan fingerprint density at radius 2 is 1.34 bits per heavy atom. The first-order valence-electron chi connectivity index (χ1n) is 22.4. The number of rotatable bonds is 19. The van der Waals surface area contributed by atoms with Crippen molar-refractivity contribution in [2.45, 2.75) is 50.5 Å². The first kappa shape index (κ1) is 51.9. The molecular weight excluding hydrogens is 883 g/mol. The minimum absolute atomic E-state index is 0.0207. The Morgan fingerprint density at radius 1 is 0.776 bits per heavy atom. The van der Waals surface area contributed by atoms with Crippen molar-refractivity contribution in [1.82, 2.24) is 45.4 Å². The fourth-order valence-corrected chi connectivity index (χ4v) is 8.55. The minimum Gasteiger partial charge on any atom is -0.491 e. The SMILES string of the molecule is N#C[C@@H]1CC(F)(F)CN1C(=O)CNC(=O)c1ccnc2c(OCCCNC(=O)C3CCC(CNC(=O)CN4CCN(CC(=O)O)CCN(CC(=O)O)CCN(CC(=O)O)CC4)CC3)cccc12. The monoisotopic (exact) mass is 942 g/mol. The molecule has 2 saturated heterocycles. The number of amides is 4. The number of nitrogens with zero attached hydrogens (tertiary/aromatic N) is 7. The lowest BCUT2D eigenvalue weighted by atomic mass is 9.81. The average Bonchev–Trinajstić information content (AvgIpc) is 3.61. The summed E-state index contributed by atoms with van der Waals surface area (Å²) in [5, 5.41) is 46.4. The van der Waals surface area contributed by atoms with Crippen LogP contribution < -0.4 is 20.7 Å². The van der Waals surface area contributed by atoms with Crippen molar-refractivity contribution in [2.75, 3.05) is 111 Å². The molecule has 6 N–H and O–H groups in total. The topological polar surface area (TPSA) is 278 Å². The number of likely N-dealkylation sites (tertiary alicyclic amines) is 1. The van der Waals surface area contributed by atoms with E-state index in [1.807, 2.05) is 4.90 Å². The number of carbonyl (C=O) groups excluding carboxylic acids is 4. The van der Waals surface area contributed by atoms with E-state index in [0.717, 1.165) is 17.7 Å².